The fourth-order valence-electron chi connectivity index (χ4n) is 1.80. The highest BCUT2D eigenvalue weighted by atomic mass is 35.5. The summed E-state index contributed by atoms with van der Waals surface area (Å²) in [4.78, 5) is 0. The molecule has 3 nitrogen and oxygen atoms in total. The van der Waals surface area contributed by atoms with E-state index in [9.17, 15) is 0 Å². The minimum Gasteiger partial charge on any atom is -0.409 e. The highest BCUT2D eigenvalue weighted by molar-refractivity contribution is 7.43. The first-order valence-electron chi connectivity index (χ1n) is 7.19. The lowest BCUT2D eigenvalue weighted by atomic mass is 10.3. The molecule has 7 heteroatoms. The van der Waals surface area contributed by atoms with Gasteiger partial charge in [0.05, 0.1) is 0 Å². The van der Waals surface area contributed by atoms with Crippen LogP contribution in [0.1, 0.15) is 0 Å². The first-order valence-corrected chi connectivity index (χ1v) is 9.42. The van der Waals surface area contributed by atoms with E-state index in [0.717, 1.165) is 0 Å². The van der Waals surface area contributed by atoms with Gasteiger partial charge in [0.25, 0.3) is 0 Å². The molecule has 0 atom stereocenters. The molecule has 0 radical (unpaired) electrons. The molecule has 0 unspecified atom stereocenters. The van der Waals surface area contributed by atoms with E-state index in [2.05, 4.69) is 0 Å². The Hall–Kier alpha value is -1.64. The molecule has 3 aromatic rings. The lowest BCUT2D eigenvalue weighted by Gasteiger charge is -2.18. The van der Waals surface area contributed by atoms with Gasteiger partial charge in [0.1, 0.15) is 17.2 Å². The minimum absolute atomic E-state index is 0.582. The summed E-state index contributed by atoms with van der Waals surface area (Å²) in [7, 11) is -1.75. The quantitative estimate of drug-likeness (QED) is 0.394. The molecule has 0 saturated heterocycles. The van der Waals surface area contributed by atoms with Gasteiger partial charge in [-0.2, -0.15) is 0 Å². The van der Waals surface area contributed by atoms with E-state index in [0.29, 0.717) is 32.3 Å². The van der Waals surface area contributed by atoms with Crippen LogP contribution in [0.25, 0.3) is 0 Å². The van der Waals surface area contributed by atoms with Crippen molar-refractivity contribution < 1.29 is 13.6 Å². The summed E-state index contributed by atoms with van der Waals surface area (Å²) in [6.45, 7) is 0. The standard InChI is InChI=1S/C18H12Cl3O3P/c19-13-1-7-16(8-2-13)22-25(23-17-9-3-14(20)4-10-17)24-18-11-5-15(21)6-12-18/h1-12H. The molecule has 0 fully saturated rings. The summed E-state index contributed by atoms with van der Waals surface area (Å²) in [6, 6.07) is 20.9. The second-order valence-electron chi connectivity index (χ2n) is 4.86. The van der Waals surface area contributed by atoms with Gasteiger partial charge in [-0.3, -0.25) is 0 Å². The Morgan fingerprint density at radius 1 is 0.440 bits per heavy atom. The largest absolute Gasteiger partial charge is 0.530 e. The molecule has 0 aliphatic heterocycles. The van der Waals surface area contributed by atoms with Gasteiger partial charge in [-0.25, -0.2) is 0 Å². The Bertz CT molecular complexity index is 696. The number of halogens is 3. The predicted molar refractivity (Wildman–Crippen MR) is 103 cm³/mol. The zero-order valence-electron chi connectivity index (χ0n) is 12.7. The van der Waals surface area contributed by atoms with Crippen molar-refractivity contribution in [3.8, 4) is 17.2 Å². The van der Waals surface area contributed by atoms with Crippen LogP contribution < -0.4 is 13.6 Å². The maximum atomic E-state index is 5.90. The van der Waals surface area contributed by atoms with Crippen LogP contribution in [0.2, 0.25) is 15.1 Å². The van der Waals surface area contributed by atoms with Crippen molar-refractivity contribution in [2.45, 2.75) is 0 Å². The van der Waals surface area contributed by atoms with Gasteiger partial charge in [-0.05, 0) is 72.8 Å². The van der Waals surface area contributed by atoms with Crippen molar-refractivity contribution >= 4 is 43.4 Å². The average molecular weight is 414 g/mol. The number of rotatable bonds is 6. The second kappa shape index (κ2) is 8.64. The molecule has 0 aromatic heterocycles. The summed E-state index contributed by atoms with van der Waals surface area (Å²) < 4.78 is 17.5. The highest BCUT2D eigenvalue weighted by Crippen LogP contribution is 2.42. The van der Waals surface area contributed by atoms with Crippen LogP contribution in [-0.2, 0) is 0 Å². The van der Waals surface area contributed by atoms with Gasteiger partial charge in [-0.1, -0.05) is 34.8 Å². The molecule has 128 valence electrons. The molecule has 0 heterocycles. The number of hydrogen-bond donors (Lipinski definition) is 0. The highest BCUT2D eigenvalue weighted by Gasteiger charge is 2.19. The third-order valence-corrected chi connectivity index (χ3v) is 4.82. The van der Waals surface area contributed by atoms with Crippen LogP contribution in [0.4, 0.5) is 0 Å². The normalized spacial score (nSPS) is 10.6. The van der Waals surface area contributed by atoms with E-state index in [1.165, 1.54) is 0 Å². The van der Waals surface area contributed by atoms with E-state index in [-0.39, 0.29) is 0 Å². The summed E-state index contributed by atoms with van der Waals surface area (Å²) in [6.07, 6.45) is 0. The van der Waals surface area contributed by atoms with Crippen LogP contribution in [0, 0.1) is 0 Å². The average Bonchev–Trinajstić information content (AvgIpc) is 2.61. The zero-order chi connectivity index (χ0) is 17.6. The fraction of sp³-hybridized carbons (Fsp3) is 0. The lowest BCUT2D eigenvalue weighted by molar-refractivity contribution is 0.388. The number of benzene rings is 3. The topological polar surface area (TPSA) is 27.7 Å². The van der Waals surface area contributed by atoms with Crippen molar-refractivity contribution in [1.29, 1.82) is 0 Å². The van der Waals surface area contributed by atoms with Gasteiger partial charge >= 0.3 is 8.60 Å². The van der Waals surface area contributed by atoms with Crippen molar-refractivity contribution in [1.82, 2.24) is 0 Å². The monoisotopic (exact) mass is 412 g/mol. The summed E-state index contributed by atoms with van der Waals surface area (Å²) in [5.74, 6) is 1.75. The minimum atomic E-state index is -1.75. The summed E-state index contributed by atoms with van der Waals surface area (Å²) in [5, 5.41) is 1.86. The Morgan fingerprint density at radius 2 is 0.680 bits per heavy atom. The van der Waals surface area contributed by atoms with Crippen LogP contribution in [0.15, 0.2) is 72.8 Å². The predicted octanol–water partition coefficient (Wildman–Crippen LogP) is 7.41. The van der Waals surface area contributed by atoms with Crippen LogP contribution >= 0.6 is 43.4 Å². The Balaban J connectivity index is 1.77. The lowest BCUT2D eigenvalue weighted by Crippen LogP contribution is -2.02. The molecule has 0 bridgehead atoms. The van der Waals surface area contributed by atoms with Crippen molar-refractivity contribution in [3.05, 3.63) is 87.9 Å². The smallest absolute Gasteiger partial charge is 0.409 e. The fourth-order valence-corrected chi connectivity index (χ4v) is 3.17. The summed E-state index contributed by atoms with van der Waals surface area (Å²) >= 11 is 17.7. The molecule has 0 aliphatic carbocycles. The molecule has 0 aliphatic rings. The molecule has 25 heavy (non-hydrogen) atoms. The van der Waals surface area contributed by atoms with Crippen molar-refractivity contribution in [2.75, 3.05) is 0 Å². The SMILES string of the molecule is Clc1ccc(OP(Oc2ccc(Cl)cc2)Oc2ccc(Cl)cc2)cc1. The van der Waals surface area contributed by atoms with E-state index in [1.54, 1.807) is 72.8 Å². The van der Waals surface area contributed by atoms with Crippen LogP contribution in [0.3, 0.4) is 0 Å². The Kier molecular flexibility index (Phi) is 6.28. The maximum Gasteiger partial charge on any atom is 0.530 e. The molecule has 3 aromatic carbocycles. The molecule has 0 saturated carbocycles. The van der Waals surface area contributed by atoms with Gasteiger partial charge in [-0.15, -0.1) is 0 Å². The molecule has 0 amide bonds. The first kappa shape index (κ1) is 18.2. The second-order valence-corrected chi connectivity index (χ2v) is 7.16. The van der Waals surface area contributed by atoms with E-state index < -0.39 is 8.60 Å². The molecule has 3 rings (SSSR count). The van der Waals surface area contributed by atoms with Crippen LogP contribution in [-0.4, -0.2) is 0 Å². The number of hydrogen-bond acceptors (Lipinski definition) is 3. The van der Waals surface area contributed by atoms with Gasteiger partial charge in [0.2, 0.25) is 0 Å². The van der Waals surface area contributed by atoms with E-state index in [1.807, 2.05) is 0 Å². The van der Waals surface area contributed by atoms with Gasteiger partial charge < -0.3 is 13.6 Å². The van der Waals surface area contributed by atoms with E-state index in [4.69, 9.17) is 48.4 Å². The molecular formula is C18H12Cl3O3P. The van der Waals surface area contributed by atoms with Crippen molar-refractivity contribution in [2.24, 2.45) is 0 Å². The Morgan fingerprint density at radius 3 is 0.920 bits per heavy atom. The third kappa shape index (κ3) is 5.69. The maximum absolute atomic E-state index is 5.90. The summed E-state index contributed by atoms with van der Waals surface area (Å²) in [5.41, 5.74) is 0. The third-order valence-electron chi connectivity index (χ3n) is 2.98. The Labute approximate surface area is 162 Å². The first-order chi connectivity index (χ1) is 12.1. The van der Waals surface area contributed by atoms with Gasteiger partial charge in [0, 0.05) is 15.1 Å². The molecule has 0 spiro atoms. The van der Waals surface area contributed by atoms with E-state index >= 15 is 0 Å². The van der Waals surface area contributed by atoms with Gasteiger partial charge in [0.15, 0.2) is 0 Å². The van der Waals surface area contributed by atoms with Crippen LogP contribution in [0.5, 0.6) is 17.2 Å². The van der Waals surface area contributed by atoms with Crippen molar-refractivity contribution in [3.63, 3.8) is 0 Å². The molecular weight excluding hydrogens is 402 g/mol. The molecule has 0 N–H and O–H groups in total. The zero-order valence-corrected chi connectivity index (χ0v) is 15.9.